The topological polar surface area (TPSA) is 20.2 Å². The minimum absolute atomic E-state index is 0.0378. The number of benzene rings is 2. The van der Waals surface area contributed by atoms with Gasteiger partial charge in [0.2, 0.25) is 0 Å². The smallest absolute Gasteiger partial charge is 0.0688 e. The van der Waals surface area contributed by atoms with Crippen molar-refractivity contribution in [1.82, 2.24) is 0 Å². The first-order valence-electron chi connectivity index (χ1n) is 4.87. The first kappa shape index (κ1) is 11.8. The van der Waals surface area contributed by atoms with Crippen molar-refractivity contribution >= 4 is 31.9 Å². The van der Waals surface area contributed by atoms with Crippen molar-refractivity contribution in [2.75, 3.05) is 0 Å². The average molecular weight is 342 g/mol. The van der Waals surface area contributed by atoms with E-state index in [2.05, 4.69) is 31.9 Å². The van der Waals surface area contributed by atoms with E-state index in [1.807, 2.05) is 42.5 Å². The highest BCUT2D eigenvalue weighted by Crippen LogP contribution is 2.36. The van der Waals surface area contributed by atoms with E-state index in [0.717, 1.165) is 25.6 Å². The summed E-state index contributed by atoms with van der Waals surface area (Å²) in [4.78, 5) is 0. The maximum Gasteiger partial charge on any atom is 0.0688 e. The van der Waals surface area contributed by atoms with Gasteiger partial charge < -0.3 is 5.11 Å². The highest BCUT2D eigenvalue weighted by atomic mass is 79.9. The molecule has 0 unspecified atom stereocenters. The van der Waals surface area contributed by atoms with Crippen LogP contribution in [0.5, 0.6) is 0 Å². The summed E-state index contributed by atoms with van der Waals surface area (Å²) >= 11 is 7.05. The van der Waals surface area contributed by atoms with Gasteiger partial charge in [-0.05, 0) is 23.3 Å². The SMILES string of the molecule is OCc1cccc(Br)c1-c1ccccc1Br. The maximum atomic E-state index is 9.36. The fraction of sp³-hybridized carbons (Fsp3) is 0.0769. The molecule has 2 aromatic carbocycles. The zero-order chi connectivity index (χ0) is 11.5. The number of hydrogen-bond acceptors (Lipinski definition) is 1. The third kappa shape index (κ3) is 2.21. The Morgan fingerprint density at radius 2 is 1.56 bits per heavy atom. The Labute approximate surface area is 111 Å². The van der Waals surface area contributed by atoms with Crippen molar-refractivity contribution in [3.05, 3.63) is 57.0 Å². The van der Waals surface area contributed by atoms with Gasteiger partial charge in [-0.1, -0.05) is 62.2 Å². The van der Waals surface area contributed by atoms with Gasteiger partial charge >= 0.3 is 0 Å². The molecule has 0 atom stereocenters. The second-order valence-corrected chi connectivity index (χ2v) is 5.12. The van der Waals surface area contributed by atoms with Crippen LogP contribution in [0, 0.1) is 0 Å². The number of aliphatic hydroxyl groups excluding tert-OH is 1. The molecule has 0 saturated carbocycles. The summed E-state index contributed by atoms with van der Waals surface area (Å²) in [6, 6.07) is 13.8. The van der Waals surface area contributed by atoms with Crippen LogP contribution in [0.25, 0.3) is 11.1 Å². The van der Waals surface area contributed by atoms with Crippen molar-refractivity contribution in [3.8, 4) is 11.1 Å². The van der Waals surface area contributed by atoms with E-state index >= 15 is 0 Å². The van der Waals surface area contributed by atoms with Gasteiger partial charge in [0.1, 0.15) is 0 Å². The van der Waals surface area contributed by atoms with E-state index in [1.165, 1.54) is 0 Å². The van der Waals surface area contributed by atoms with Crippen LogP contribution in [0.15, 0.2) is 51.4 Å². The second-order valence-electron chi connectivity index (χ2n) is 3.41. The fourth-order valence-corrected chi connectivity index (χ4v) is 2.77. The zero-order valence-electron chi connectivity index (χ0n) is 8.45. The van der Waals surface area contributed by atoms with Crippen LogP contribution in [-0.2, 0) is 6.61 Å². The van der Waals surface area contributed by atoms with E-state index in [0.29, 0.717) is 0 Å². The molecular weight excluding hydrogens is 332 g/mol. The summed E-state index contributed by atoms with van der Waals surface area (Å²) in [5, 5.41) is 9.36. The van der Waals surface area contributed by atoms with Crippen LogP contribution in [-0.4, -0.2) is 5.11 Å². The molecule has 82 valence electrons. The summed E-state index contributed by atoms with van der Waals surface area (Å²) in [6.45, 7) is 0.0378. The lowest BCUT2D eigenvalue weighted by Crippen LogP contribution is -1.91. The van der Waals surface area contributed by atoms with Crippen LogP contribution in [0.4, 0.5) is 0 Å². The number of halogens is 2. The molecular formula is C13H10Br2O. The predicted octanol–water partition coefficient (Wildman–Crippen LogP) is 4.37. The lowest BCUT2D eigenvalue weighted by molar-refractivity contribution is 0.282. The summed E-state index contributed by atoms with van der Waals surface area (Å²) < 4.78 is 2.02. The summed E-state index contributed by atoms with van der Waals surface area (Å²) in [6.07, 6.45) is 0. The average Bonchev–Trinajstić information content (AvgIpc) is 2.30. The third-order valence-electron chi connectivity index (χ3n) is 2.41. The van der Waals surface area contributed by atoms with Crippen molar-refractivity contribution in [1.29, 1.82) is 0 Å². The van der Waals surface area contributed by atoms with Gasteiger partial charge in [0.05, 0.1) is 6.61 Å². The van der Waals surface area contributed by atoms with Crippen LogP contribution in [0.2, 0.25) is 0 Å². The predicted molar refractivity (Wildman–Crippen MR) is 73.2 cm³/mol. The third-order valence-corrected chi connectivity index (χ3v) is 3.77. The highest BCUT2D eigenvalue weighted by molar-refractivity contribution is 9.11. The van der Waals surface area contributed by atoms with E-state index in [-0.39, 0.29) is 6.61 Å². The molecule has 2 rings (SSSR count). The Balaban J connectivity index is 2.68. The molecule has 16 heavy (non-hydrogen) atoms. The molecule has 0 aliphatic heterocycles. The lowest BCUT2D eigenvalue weighted by atomic mass is 10.0. The summed E-state index contributed by atoms with van der Waals surface area (Å²) in [5.74, 6) is 0. The molecule has 1 nitrogen and oxygen atoms in total. The van der Waals surface area contributed by atoms with E-state index in [4.69, 9.17) is 0 Å². The Hall–Kier alpha value is -0.640. The monoisotopic (exact) mass is 340 g/mol. The molecule has 0 spiro atoms. The summed E-state index contributed by atoms with van der Waals surface area (Å²) in [5.41, 5.74) is 3.04. The maximum absolute atomic E-state index is 9.36. The van der Waals surface area contributed by atoms with Gasteiger partial charge in [0.15, 0.2) is 0 Å². The molecule has 0 aromatic heterocycles. The van der Waals surface area contributed by atoms with Crippen molar-refractivity contribution in [2.24, 2.45) is 0 Å². The molecule has 2 aromatic rings. The molecule has 3 heteroatoms. The van der Waals surface area contributed by atoms with Crippen LogP contribution in [0.1, 0.15) is 5.56 Å². The van der Waals surface area contributed by atoms with Crippen LogP contribution >= 0.6 is 31.9 Å². The molecule has 0 radical (unpaired) electrons. The standard InChI is InChI=1S/C13H10Br2O/c14-11-6-2-1-5-10(11)13-9(8-16)4-3-7-12(13)15/h1-7,16H,8H2. The first-order valence-corrected chi connectivity index (χ1v) is 6.46. The minimum Gasteiger partial charge on any atom is -0.392 e. The summed E-state index contributed by atoms with van der Waals surface area (Å²) in [7, 11) is 0. The Morgan fingerprint density at radius 1 is 0.875 bits per heavy atom. The Morgan fingerprint density at radius 3 is 2.25 bits per heavy atom. The van der Waals surface area contributed by atoms with Gasteiger partial charge in [-0.2, -0.15) is 0 Å². The van der Waals surface area contributed by atoms with Gasteiger partial charge in [-0.3, -0.25) is 0 Å². The van der Waals surface area contributed by atoms with Crippen LogP contribution in [0.3, 0.4) is 0 Å². The van der Waals surface area contributed by atoms with E-state index < -0.39 is 0 Å². The van der Waals surface area contributed by atoms with Gasteiger partial charge in [0.25, 0.3) is 0 Å². The lowest BCUT2D eigenvalue weighted by Gasteiger charge is -2.11. The fourth-order valence-electron chi connectivity index (χ4n) is 1.67. The van der Waals surface area contributed by atoms with Crippen molar-refractivity contribution < 1.29 is 5.11 Å². The van der Waals surface area contributed by atoms with Crippen molar-refractivity contribution in [3.63, 3.8) is 0 Å². The van der Waals surface area contributed by atoms with Crippen LogP contribution < -0.4 is 0 Å². The second kappa shape index (κ2) is 5.13. The van der Waals surface area contributed by atoms with E-state index in [9.17, 15) is 5.11 Å². The molecule has 0 aliphatic rings. The Kier molecular flexibility index (Phi) is 3.79. The first-order chi connectivity index (χ1) is 7.74. The highest BCUT2D eigenvalue weighted by Gasteiger charge is 2.10. The van der Waals surface area contributed by atoms with E-state index in [1.54, 1.807) is 0 Å². The molecule has 0 aliphatic carbocycles. The number of rotatable bonds is 2. The zero-order valence-corrected chi connectivity index (χ0v) is 11.6. The Bertz CT molecular complexity index is 509. The molecule has 0 saturated heterocycles. The van der Waals surface area contributed by atoms with Gasteiger partial charge in [-0.15, -0.1) is 0 Å². The van der Waals surface area contributed by atoms with Crippen molar-refractivity contribution in [2.45, 2.75) is 6.61 Å². The normalized spacial score (nSPS) is 10.4. The number of aliphatic hydroxyl groups is 1. The quantitative estimate of drug-likeness (QED) is 0.859. The molecule has 0 bridgehead atoms. The largest absolute Gasteiger partial charge is 0.392 e. The van der Waals surface area contributed by atoms with Gasteiger partial charge in [0, 0.05) is 14.5 Å². The molecule has 1 N–H and O–H groups in total. The minimum atomic E-state index is 0.0378. The molecule has 0 amide bonds. The molecule has 0 heterocycles. The van der Waals surface area contributed by atoms with Gasteiger partial charge in [-0.25, -0.2) is 0 Å². The number of hydrogen-bond donors (Lipinski definition) is 1. The molecule has 0 fully saturated rings.